The van der Waals surface area contributed by atoms with Gasteiger partial charge in [0, 0.05) is 18.8 Å². The molecule has 0 saturated carbocycles. The Morgan fingerprint density at radius 2 is 2.00 bits per heavy atom. The average molecular weight is 238 g/mol. The summed E-state index contributed by atoms with van der Waals surface area (Å²) in [5.74, 6) is -1.96. The molecule has 0 radical (unpaired) electrons. The molecule has 1 heterocycles. The molecule has 0 aliphatic rings. The van der Waals surface area contributed by atoms with Crippen molar-refractivity contribution >= 4 is 0 Å². The Labute approximate surface area is 97.3 Å². The third-order valence-corrected chi connectivity index (χ3v) is 2.60. The van der Waals surface area contributed by atoms with Crippen LogP contribution in [0, 0.1) is 18.6 Å². The molecule has 0 fully saturated rings. The molecule has 0 spiro atoms. The fourth-order valence-electron chi connectivity index (χ4n) is 1.61. The zero-order valence-corrected chi connectivity index (χ0v) is 9.48. The highest BCUT2D eigenvalue weighted by Crippen LogP contribution is 2.25. The first-order valence-corrected chi connectivity index (χ1v) is 5.11. The second-order valence-corrected chi connectivity index (χ2v) is 3.97. The van der Waals surface area contributed by atoms with Gasteiger partial charge in [-0.2, -0.15) is 0 Å². The molecular formula is C12H12F2N2O. The molecule has 3 nitrogen and oxygen atoms in total. The SMILES string of the molecule is Cc1ccc(C(O)c2cn(C)cn2)c(F)c1F. The fraction of sp³-hybridized carbons (Fsp3) is 0.250. The molecule has 1 aromatic heterocycles. The summed E-state index contributed by atoms with van der Waals surface area (Å²) in [4.78, 5) is 3.91. The van der Waals surface area contributed by atoms with E-state index in [0.29, 0.717) is 0 Å². The molecular weight excluding hydrogens is 226 g/mol. The van der Waals surface area contributed by atoms with Crippen molar-refractivity contribution in [3.8, 4) is 0 Å². The third kappa shape index (κ3) is 2.06. The molecule has 0 amide bonds. The normalized spacial score (nSPS) is 12.8. The maximum atomic E-state index is 13.6. The van der Waals surface area contributed by atoms with E-state index in [1.165, 1.54) is 25.4 Å². The van der Waals surface area contributed by atoms with E-state index >= 15 is 0 Å². The van der Waals surface area contributed by atoms with Gasteiger partial charge in [-0.1, -0.05) is 12.1 Å². The van der Waals surface area contributed by atoms with Gasteiger partial charge in [-0.15, -0.1) is 0 Å². The van der Waals surface area contributed by atoms with Crippen LogP contribution in [-0.4, -0.2) is 14.7 Å². The summed E-state index contributed by atoms with van der Waals surface area (Å²) in [5.41, 5.74) is 0.390. The Morgan fingerprint density at radius 3 is 2.59 bits per heavy atom. The Bertz CT molecular complexity index is 551. The summed E-state index contributed by atoms with van der Waals surface area (Å²) in [5, 5.41) is 9.92. The van der Waals surface area contributed by atoms with Crippen molar-refractivity contribution in [2.24, 2.45) is 7.05 Å². The van der Waals surface area contributed by atoms with Gasteiger partial charge in [0.25, 0.3) is 0 Å². The lowest BCUT2D eigenvalue weighted by molar-refractivity contribution is 0.209. The lowest BCUT2D eigenvalue weighted by Crippen LogP contribution is -2.05. The molecule has 1 aromatic carbocycles. The molecule has 17 heavy (non-hydrogen) atoms. The van der Waals surface area contributed by atoms with Crippen molar-refractivity contribution in [2.75, 3.05) is 0 Å². The number of hydrogen-bond donors (Lipinski definition) is 1. The molecule has 90 valence electrons. The van der Waals surface area contributed by atoms with E-state index in [1.807, 2.05) is 0 Å². The number of hydrogen-bond acceptors (Lipinski definition) is 2. The van der Waals surface area contributed by atoms with Gasteiger partial charge in [0.2, 0.25) is 0 Å². The largest absolute Gasteiger partial charge is 0.382 e. The number of aliphatic hydroxyl groups excluding tert-OH is 1. The van der Waals surface area contributed by atoms with Crippen molar-refractivity contribution in [3.05, 3.63) is 53.1 Å². The molecule has 2 aromatic rings. The Kier molecular flexibility index (Phi) is 2.93. The first-order chi connectivity index (χ1) is 8.00. The number of aryl methyl sites for hydroxylation is 2. The highest BCUT2D eigenvalue weighted by molar-refractivity contribution is 5.30. The molecule has 0 saturated heterocycles. The van der Waals surface area contributed by atoms with Crippen molar-refractivity contribution in [1.29, 1.82) is 0 Å². The topological polar surface area (TPSA) is 38.0 Å². The van der Waals surface area contributed by atoms with E-state index in [2.05, 4.69) is 4.98 Å². The summed E-state index contributed by atoms with van der Waals surface area (Å²) < 4.78 is 28.6. The second-order valence-electron chi connectivity index (χ2n) is 3.97. The fourth-order valence-corrected chi connectivity index (χ4v) is 1.61. The lowest BCUT2D eigenvalue weighted by atomic mass is 10.0. The van der Waals surface area contributed by atoms with Crippen LogP contribution in [0.4, 0.5) is 8.78 Å². The highest BCUT2D eigenvalue weighted by atomic mass is 19.2. The van der Waals surface area contributed by atoms with Gasteiger partial charge < -0.3 is 9.67 Å². The van der Waals surface area contributed by atoms with Crippen molar-refractivity contribution in [3.63, 3.8) is 0 Å². The maximum absolute atomic E-state index is 13.6. The van der Waals surface area contributed by atoms with Crippen molar-refractivity contribution < 1.29 is 13.9 Å². The monoisotopic (exact) mass is 238 g/mol. The standard InChI is InChI=1S/C12H12F2N2O/c1-7-3-4-8(11(14)10(7)13)12(17)9-5-16(2)6-15-9/h3-6,12,17H,1-2H3. The molecule has 0 bridgehead atoms. The summed E-state index contributed by atoms with van der Waals surface area (Å²) in [6.45, 7) is 1.47. The van der Waals surface area contributed by atoms with Crippen LogP contribution in [0.25, 0.3) is 0 Å². The molecule has 2 rings (SSSR count). The number of aromatic nitrogens is 2. The Hall–Kier alpha value is -1.75. The third-order valence-electron chi connectivity index (χ3n) is 2.60. The van der Waals surface area contributed by atoms with Crippen molar-refractivity contribution in [2.45, 2.75) is 13.0 Å². The van der Waals surface area contributed by atoms with E-state index < -0.39 is 17.7 Å². The average Bonchev–Trinajstić information content (AvgIpc) is 2.72. The van der Waals surface area contributed by atoms with E-state index in [0.717, 1.165) is 0 Å². The zero-order chi connectivity index (χ0) is 12.6. The van der Waals surface area contributed by atoms with Crippen LogP contribution in [0.3, 0.4) is 0 Å². The minimum Gasteiger partial charge on any atom is -0.382 e. The first-order valence-electron chi connectivity index (χ1n) is 5.11. The zero-order valence-electron chi connectivity index (χ0n) is 9.48. The van der Waals surface area contributed by atoms with Crippen LogP contribution in [0.1, 0.15) is 22.9 Å². The number of nitrogens with zero attached hydrogens (tertiary/aromatic N) is 2. The molecule has 5 heteroatoms. The minimum atomic E-state index is -1.26. The van der Waals surface area contributed by atoms with Crippen molar-refractivity contribution in [1.82, 2.24) is 9.55 Å². The number of rotatable bonds is 2. The number of benzene rings is 1. The summed E-state index contributed by atoms with van der Waals surface area (Å²) >= 11 is 0. The second kappa shape index (κ2) is 4.25. The predicted molar refractivity (Wildman–Crippen MR) is 58.4 cm³/mol. The van der Waals surface area contributed by atoms with E-state index in [9.17, 15) is 13.9 Å². The smallest absolute Gasteiger partial charge is 0.165 e. The van der Waals surface area contributed by atoms with Crippen LogP contribution >= 0.6 is 0 Å². The van der Waals surface area contributed by atoms with E-state index in [-0.39, 0.29) is 16.8 Å². The van der Waals surface area contributed by atoms with Crippen LogP contribution < -0.4 is 0 Å². The van der Waals surface area contributed by atoms with Gasteiger partial charge in [0.05, 0.1) is 12.0 Å². The van der Waals surface area contributed by atoms with Crippen LogP contribution in [0.2, 0.25) is 0 Å². The van der Waals surface area contributed by atoms with Gasteiger partial charge in [0.1, 0.15) is 6.10 Å². The van der Waals surface area contributed by atoms with E-state index in [4.69, 9.17) is 0 Å². The number of halogens is 2. The van der Waals surface area contributed by atoms with E-state index in [1.54, 1.807) is 17.8 Å². The predicted octanol–water partition coefficient (Wildman–Crippen LogP) is 2.09. The van der Waals surface area contributed by atoms with Gasteiger partial charge in [0.15, 0.2) is 11.6 Å². The van der Waals surface area contributed by atoms with Crippen LogP contribution in [0.5, 0.6) is 0 Å². The van der Waals surface area contributed by atoms with Crippen LogP contribution in [-0.2, 0) is 7.05 Å². The van der Waals surface area contributed by atoms with Gasteiger partial charge in [-0.05, 0) is 12.5 Å². The molecule has 1 unspecified atom stereocenters. The Morgan fingerprint density at radius 1 is 1.29 bits per heavy atom. The number of aliphatic hydroxyl groups is 1. The highest BCUT2D eigenvalue weighted by Gasteiger charge is 2.20. The summed E-state index contributed by atoms with van der Waals surface area (Å²) in [6.07, 6.45) is 1.79. The first kappa shape index (κ1) is 11.7. The quantitative estimate of drug-likeness (QED) is 0.870. The molecule has 0 aliphatic carbocycles. The molecule has 1 N–H and O–H groups in total. The molecule has 0 aliphatic heterocycles. The summed E-state index contributed by atoms with van der Waals surface area (Å²) in [6, 6.07) is 2.80. The minimum absolute atomic E-state index is 0.105. The van der Waals surface area contributed by atoms with Gasteiger partial charge in [-0.3, -0.25) is 0 Å². The maximum Gasteiger partial charge on any atom is 0.165 e. The Balaban J connectivity index is 2.44. The number of imidazole rings is 1. The summed E-state index contributed by atoms with van der Waals surface area (Å²) in [7, 11) is 1.73. The molecule has 1 atom stereocenters. The van der Waals surface area contributed by atoms with Gasteiger partial charge in [-0.25, -0.2) is 13.8 Å². The lowest BCUT2D eigenvalue weighted by Gasteiger charge is -2.10. The van der Waals surface area contributed by atoms with Crippen LogP contribution in [0.15, 0.2) is 24.7 Å². The van der Waals surface area contributed by atoms with Gasteiger partial charge >= 0.3 is 0 Å².